The van der Waals surface area contributed by atoms with Crippen molar-refractivity contribution >= 4 is 6.03 Å². The molecule has 1 spiro atoms. The van der Waals surface area contributed by atoms with Gasteiger partial charge >= 0.3 is 6.03 Å². The van der Waals surface area contributed by atoms with Gasteiger partial charge in [-0.25, -0.2) is 4.79 Å². The second-order valence-corrected chi connectivity index (χ2v) is 9.42. The Kier molecular flexibility index (Phi) is 6.81. The van der Waals surface area contributed by atoms with Gasteiger partial charge in [0.1, 0.15) is 11.5 Å². The van der Waals surface area contributed by atoms with Crippen molar-refractivity contribution in [2.75, 3.05) is 41.7 Å². The molecule has 1 heterocycles. The van der Waals surface area contributed by atoms with Gasteiger partial charge in [0, 0.05) is 25.7 Å². The first-order chi connectivity index (χ1) is 15.9. The molecule has 178 valence electrons. The second-order valence-electron chi connectivity index (χ2n) is 9.42. The lowest BCUT2D eigenvalue weighted by molar-refractivity contribution is 0.0488. The molecule has 7 heteroatoms. The minimum atomic E-state index is -0.173. The van der Waals surface area contributed by atoms with E-state index in [-0.39, 0.29) is 23.9 Å². The third-order valence-electron chi connectivity index (χ3n) is 7.29. The maximum atomic E-state index is 12.8. The minimum Gasteiger partial charge on any atom is -0.497 e. The molecule has 0 aromatic heterocycles. The highest BCUT2D eigenvalue weighted by atomic mass is 16.7. The Morgan fingerprint density at radius 2 is 1.73 bits per heavy atom. The van der Waals surface area contributed by atoms with Gasteiger partial charge in [-0.2, -0.15) is 0 Å². The van der Waals surface area contributed by atoms with Gasteiger partial charge in [0.2, 0.25) is 0 Å². The molecule has 0 radical (unpaired) electrons. The summed E-state index contributed by atoms with van der Waals surface area (Å²) in [5.41, 5.74) is 2.09. The predicted molar refractivity (Wildman–Crippen MR) is 127 cm³/mol. The standard InChI is InChI=1S/C26H35N3O4/c1-28(2)26(21-6-5-7-23(16-21)33-19-31-3)14-12-25(13-15-26)18-29(24(30)27-25)17-20-8-10-22(32-4)11-9-20/h5-11,16H,12-15,17-19H2,1-4H3,(H,27,30). The molecule has 1 aliphatic heterocycles. The number of amides is 2. The van der Waals surface area contributed by atoms with E-state index in [4.69, 9.17) is 14.2 Å². The van der Waals surface area contributed by atoms with Crippen LogP contribution < -0.4 is 14.8 Å². The fourth-order valence-corrected chi connectivity index (χ4v) is 5.28. The zero-order chi connectivity index (χ0) is 23.5. The quantitative estimate of drug-likeness (QED) is 0.613. The number of rotatable bonds is 8. The molecule has 0 unspecified atom stereocenters. The minimum absolute atomic E-state index is 0.0261. The van der Waals surface area contributed by atoms with Gasteiger partial charge in [-0.3, -0.25) is 4.90 Å². The highest BCUT2D eigenvalue weighted by molar-refractivity contribution is 5.78. The highest BCUT2D eigenvalue weighted by Gasteiger charge is 2.50. The van der Waals surface area contributed by atoms with Crippen LogP contribution in [0.4, 0.5) is 4.79 Å². The van der Waals surface area contributed by atoms with E-state index < -0.39 is 0 Å². The number of methoxy groups -OCH3 is 2. The van der Waals surface area contributed by atoms with E-state index in [2.05, 4.69) is 36.4 Å². The van der Waals surface area contributed by atoms with Gasteiger partial charge in [0.05, 0.1) is 12.6 Å². The van der Waals surface area contributed by atoms with Crippen molar-refractivity contribution in [1.82, 2.24) is 15.1 Å². The first kappa shape index (κ1) is 23.4. The molecule has 2 fully saturated rings. The van der Waals surface area contributed by atoms with Crippen LogP contribution in [-0.4, -0.2) is 63.0 Å². The number of hydrogen-bond donors (Lipinski definition) is 1. The Balaban J connectivity index is 1.46. The average Bonchev–Trinajstić information content (AvgIpc) is 3.13. The summed E-state index contributed by atoms with van der Waals surface area (Å²) in [5.74, 6) is 1.64. The maximum Gasteiger partial charge on any atom is 0.318 e. The lowest BCUT2D eigenvalue weighted by Gasteiger charge is -2.48. The smallest absolute Gasteiger partial charge is 0.318 e. The van der Waals surface area contributed by atoms with Crippen LogP contribution in [0, 0.1) is 0 Å². The summed E-state index contributed by atoms with van der Waals surface area (Å²) in [5, 5.41) is 3.33. The predicted octanol–water partition coefficient (Wildman–Crippen LogP) is 3.97. The normalized spacial score (nSPS) is 24.9. The van der Waals surface area contributed by atoms with E-state index in [1.807, 2.05) is 41.3 Å². The fourth-order valence-electron chi connectivity index (χ4n) is 5.28. The van der Waals surface area contributed by atoms with Crippen molar-refractivity contribution in [3.63, 3.8) is 0 Å². The molecule has 2 aliphatic rings. The summed E-state index contributed by atoms with van der Waals surface area (Å²) in [6.07, 6.45) is 3.78. The molecule has 1 aliphatic carbocycles. The van der Waals surface area contributed by atoms with Gasteiger partial charge in [0.15, 0.2) is 6.79 Å². The summed E-state index contributed by atoms with van der Waals surface area (Å²) in [4.78, 5) is 17.1. The Bertz CT molecular complexity index is 952. The molecule has 1 saturated heterocycles. The fraction of sp³-hybridized carbons (Fsp3) is 0.500. The lowest BCUT2D eigenvalue weighted by atomic mass is 9.69. The second kappa shape index (κ2) is 9.61. The molecule has 33 heavy (non-hydrogen) atoms. The molecule has 2 aromatic carbocycles. The SMILES string of the molecule is COCOc1cccc(C2(N(C)C)CCC3(CC2)CN(Cc2ccc(OC)cc2)C(=O)N3)c1. The monoisotopic (exact) mass is 453 g/mol. The van der Waals surface area contributed by atoms with Crippen LogP contribution in [0.25, 0.3) is 0 Å². The third-order valence-corrected chi connectivity index (χ3v) is 7.29. The Hall–Kier alpha value is -2.77. The van der Waals surface area contributed by atoms with Crippen LogP contribution in [0.5, 0.6) is 11.5 Å². The van der Waals surface area contributed by atoms with Crippen LogP contribution in [0.2, 0.25) is 0 Å². The summed E-state index contributed by atoms with van der Waals surface area (Å²) < 4.78 is 16.0. The van der Waals surface area contributed by atoms with Gasteiger partial charge in [0.25, 0.3) is 0 Å². The van der Waals surface area contributed by atoms with Crippen molar-refractivity contribution in [3.8, 4) is 11.5 Å². The van der Waals surface area contributed by atoms with Gasteiger partial charge in [-0.05, 0) is 75.2 Å². The third kappa shape index (κ3) is 4.80. The molecule has 2 amide bonds. The van der Waals surface area contributed by atoms with E-state index in [1.165, 1.54) is 5.56 Å². The van der Waals surface area contributed by atoms with Crippen molar-refractivity contribution < 1.29 is 19.0 Å². The molecule has 0 bridgehead atoms. The first-order valence-electron chi connectivity index (χ1n) is 11.5. The molecular formula is C26H35N3O4. The largest absolute Gasteiger partial charge is 0.497 e. The van der Waals surface area contributed by atoms with E-state index in [0.717, 1.165) is 49.3 Å². The molecule has 7 nitrogen and oxygen atoms in total. The average molecular weight is 454 g/mol. The Labute approximate surface area is 196 Å². The number of carbonyl (C=O) groups is 1. The molecule has 1 N–H and O–H groups in total. The van der Waals surface area contributed by atoms with Crippen molar-refractivity contribution in [2.45, 2.75) is 43.3 Å². The van der Waals surface area contributed by atoms with Crippen molar-refractivity contribution in [3.05, 3.63) is 59.7 Å². The van der Waals surface area contributed by atoms with Crippen molar-refractivity contribution in [2.24, 2.45) is 0 Å². The summed E-state index contributed by atoms with van der Waals surface area (Å²) in [7, 11) is 7.57. The Morgan fingerprint density at radius 1 is 1.00 bits per heavy atom. The van der Waals surface area contributed by atoms with Crippen LogP contribution in [0.3, 0.4) is 0 Å². The lowest BCUT2D eigenvalue weighted by Crippen LogP contribution is -2.54. The molecule has 4 rings (SSSR count). The van der Waals surface area contributed by atoms with Gasteiger partial charge in [-0.15, -0.1) is 0 Å². The number of benzene rings is 2. The topological polar surface area (TPSA) is 63.3 Å². The number of carbonyl (C=O) groups excluding carboxylic acids is 1. The maximum absolute atomic E-state index is 12.8. The van der Waals surface area contributed by atoms with E-state index >= 15 is 0 Å². The van der Waals surface area contributed by atoms with Crippen molar-refractivity contribution in [1.29, 1.82) is 0 Å². The van der Waals surface area contributed by atoms with E-state index in [9.17, 15) is 4.79 Å². The van der Waals surface area contributed by atoms with E-state index in [1.54, 1.807) is 14.2 Å². The number of hydrogen-bond acceptors (Lipinski definition) is 5. The molecule has 0 atom stereocenters. The summed E-state index contributed by atoms with van der Waals surface area (Å²) in [6, 6.07) is 16.3. The van der Waals surface area contributed by atoms with E-state index in [0.29, 0.717) is 6.54 Å². The Morgan fingerprint density at radius 3 is 2.36 bits per heavy atom. The van der Waals surface area contributed by atoms with Gasteiger partial charge in [-0.1, -0.05) is 24.3 Å². The van der Waals surface area contributed by atoms with Crippen LogP contribution in [0.1, 0.15) is 36.8 Å². The van der Waals surface area contributed by atoms with Crippen LogP contribution >= 0.6 is 0 Å². The van der Waals surface area contributed by atoms with Crippen LogP contribution in [-0.2, 0) is 16.8 Å². The highest BCUT2D eigenvalue weighted by Crippen LogP contribution is 2.46. The number of urea groups is 1. The number of nitrogens with zero attached hydrogens (tertiary/aromatic N) is 2. The summed E-state index contributed by atoms with van der Waals surface area (Å²) >= 11 is 0. The first-order valence-corrected chi connectivity index (χ1v) is 11.5. The van der Waals surface area contributed by atoms with Crippen LogP contribution in [0.15, 0.2) is 48.5 Å². The molecular weight excluding hydrogens is 418 g/mol. The zero-order valence-electron chi connectivity index (χ0n) is 20.1. The van der Waals surface area contributed by atoms with Gasteiger partial charge < -0.3 is 24.4 Å². The summed E-state index contributed by atoms with van der Waals surface area (Å²) in [6.45, 7) is 1.57. The zero-order valence-corrected chi connectivity index (χ0v) is 20.1. The molecule has 1 saturated carbocycles. The molecule has 2 aromatic rings. The number of ether oxygens (including phenoxy) is 3. The number of nitrogens with one attached hydrogen (secondary N) is 1.